The minimum atomic E-state index is 0.465. The monoisotopic (exact) mass is 307 g/mol. The molecule has 2 unspecified atom stereocenters. The lowest BCUT2D eigenvalue weighted by Gasteiger charge is -2.38. The van der Waals surface area contributed by atoms with Gasteiger partial charge in [-0.1, -0.05) is 31.9 Å². The molecule has 21 heavy (non-hydrogen) atoms. The van der Waals surface area contributed by atoms with E-state index in [9.17, 15) is 0 Å². The average molecular weight is 308 g/mol. The predicted octanol–water partition coefficient (Wildman–Crippen LogP) is 4.00. The lowest BCUT2D eigenvalue weighted by molar-refractivity contribution is 0.360. The van der Waals surface area contributed by atoms with Gasteiger partial charge in [0.15, 0.2) is 0 Å². The second-order valence-electron chi connectivity index (χ2n) is 6.76. The molecule has 2 aliphatic rings. The molecule has 1 aromatic heterocycles. The quantitative estimate of drug-likeness (QED) is 0.911. The maximum Gasteiger partial charge on any atom is 0.129 e. The van der Waals surface area contributed by atoms with E-state index in [1.807, 2.05) is 6.20 Å². The van der Waals surface area contributed by atoms with Crippen LogP contribution in [0.3, 0.4) is 0 Å². The van der Waals surface area contributed by atoms with Crippen LogP contribution < -0.4 is 10.2 Å². The molecule has 0 amide bonds. The van der Waals surface area contributed by atoms with Crippen LogP contribution in [0.25, 0.3) is 0 Å². The summed E-state index contributed by atoms with van der Waals surface area (Å²) in [5.41, 5.74) is 1.16. The standard InChI is InChI=1S/C17H26ClN3/c1-12(2)19-10-14-9-17(20-11-15(14)18)21-8-4-6-13-5-3-7-16(13)21/h9,11-13,16,19H,3-8,10H2,1-2H3. The summed E-state index contributed by atoms with van der Waals surface area (Å²) in [6.45, 7) is 6.27. The number of halogens is 1. The molecule has 0 radical (unpaired) electrons. The molecule has 0 spiro atoms. The summed E-state index contributed by atoms with van der Waals surface area (Å²) in [6.07, 6.45) is 8.63. The molecule has 1 aliphatic heterocycles. The number of piperidine rings is 1. The van der Waals surface area contributed by atoms with Gasteiger partial charge in [0, 0.05) is 31.4 Å². The topological polar surface area (TPSA) is 28.2 Å². The Hall–Kier alpha value is -0.800. The molecule has 0 bridgehead atoms. The Bertz CT molecular complexity index is 489. The van der Waals surface area contributed by atoms with Crippen molar-refractivity contribution in [2.24, 2.45) is 5.92 Å². The maximum absolute atomic E-state index is 6.31. The van der Waals surface area contributed by atoms with Crippen molar-refractivity contribution < 1.29 is 0 Å². The Balaban J connectivity index is 1.79. The second kappa shape index (κ2) is 6.53. The van der Waals surface area contributed by atoms with Gasteiger partial charge in [0.2, 0.25) is 0 Å². The summed E-state index contributed by atoms with van der Waals surface area (Å²) in [4.78, 5) is 7.15. The molecule has 2 fully saturated rings. The van der Waals surface area contributed by atoms with Gasteiger partial charge in [-0.3, -0.25) is 0 Å². The molecule has 1 saturated heterocycles. The third kappa shape index (κ3) is 3.35. The van der Waals surface area contributed by atoms with Crippen LogP contribution in [-0.4, -0.2) is 23.6 Å². The van der Waals surface area contributed by atoms with Gasteiger partial charge < -0.3 is 10.2 Å². The van der Waals surface area contributed by atoms with Crippen LogP contribution in [0.4, 0.5) is 5.82 Å². The van der Waals surface area contributed by atoms with Crippen LogP contribution >= 0.6 is 11.6 Å². The van der Waals surface area contributed by atoms with Crippen LogP contribution in [0.15, 0.2) is 12.3 Å². The number of hydrogen-bond donors (Lipinski definition) is 1. The number of hydrogen-bond acceptors (Lipinski definition) is 3. The molecule has 3 rings (SSSR count). The van der Waals surface area contributed by atoms with Crippen molar-refractivity contribution in [3.8, 4) is 0 Å². The van der Waals surface area contributed by atoms with Gasteiger partial charge in [-0.05, 0) is 43.2 Å². The Morgan fingerprint density at radius 1 is 1.33 bits per heavy atom. The van der Waals surface area contributed by atoms with Crippen LogP contribution in [0.1, 0.15) is 51.5 Å². The molecule has 1 aliphatic carbocycles. The summed E-state index contributed by atoms with van der Waals surface area (Å²) in [5, 5.41) is 4.22. The largest absolute Gasteiger partial charge is 0.353 e. The molecule has 1 N–H and O–H groups in total. The zero-order valence-corrected chi connectivity index (χ0v) is 13.9. The van der Waals surface area contributed by atoms with E-state index < -0.39 is 0 Å². The second-order valence-corrected chi connectivity index (χ2v) is 7.17. The number of fused-ring (bicyclic) bond motifs is 1. The highest BCUT2D eigenvalue weighted by atomic mass is 35.5. The van der Waals surface area contributed by atoms with Crippen molar-refractivity contribution in [3.05, 3.63) is 22.8 Å². The third-order valence-electron chi connectivity index (χ3n) is 4.91. The smallest absolute Gasteiger partial charge is 0.129 e. The lowest BCUT2D eigenvalue weighted by atomic mass is 9.92. The van der Waals surface area contributed by atoms with E-state index in [-0.39, 0.29) is 0 Å². The fourth-order valence-corrected chi connectivity index (χ4v) is 3.98. The van der Waals surface area contributed by atoms with Crippen molar-refractivity contribution in [2.45, 2.75) is 64.6 Å². The molecule has 2 atom stereocenters. The molecule has 4 heteroatoms. The summed E-state index contributed by atoms with van der Waals surface area (Å²) < 4.78 is 0. The number of rotatable bonds is 4. The van der Waals surface area contributed by atoms with Gasteiger partial charge in [0.05, 0.1) is 5.02 Å². The molecule has 0 aromatic carbocycles. The molecular formula is C17H26ClN3. The zero-order valence-electron chi connectivity index (χ0n) is 13.1. The Kier molecular flexibility index (Phi) is 4.70. The normalized spacial score (nSPS) is 25.4. The zero-order chi connectivity index (χ0) is 14.8. The fourth-order valence-electron chi connectivity index (χ4n) is 3.81. The lowest BCUT2D eigenvalue weighted by Crippen LogP contribution is -2.43. The summed E-state index contributed by atoms with van der Waals surface area (Å²) >= 11 is 6.31. The minimum absolute atomic E-state index is 0.465. The molecule has 1 saturated carbocycles. The first-order valence-corrected chi connectivity index (χ1v) is 8.67. The molecule has 2 heterocycles. The number of nitrogens with zero attached hydrogens (tertiary/aromatic N) is 2. The van der Waals surface area contributed by atoms with Gasteiger partial charge in [0.25, 0.3) is 0 Å². The van der Waals surface area contributed by atoms with E-state index in [1.54, 1.807) is 0 Å². The van der Waals surface area contributed by atoms with E-state index >= 15 is 0 Å². The average Bonchev–Trinajstić information content (AvgIpc) is 2.94. The highest BCUT2D eigenvalue weighted by molar-refractivity contribution is 6.31. The third-order valence-corrected chi connectivity index (χ3v) is 5.25. The van der Waals surface area contributed by atoms with Gasteiger partial charge in [-0.2, -0.15) is 0 Å². The van der Waals surface area contributed by atoms with Crippen LogP contribution in [0, 0.1) is 5.92 Å². The summed E-state index contributed by atoms with van der Waals surface area (Å²) in [5.74, 6) is 2.00. The number of anilines is 1. The van der Waals surface area contributed by atoms with Crippen molar-refractivity contribution in [3.63, 3.8) is 0 Å². The van der Waals surface area contributed by atoms with Crippen LogP contribution in [0.5, 0.6) is 0 Å². The minimum Gasteiger partial charge on any atom is -0.353 e. The Labute approximate surface area is 133 Å². The highest BCUT2D eigenvalue weighted by Crippen LogP contribution is 2.39. The van der Waals surface area contributed by atoms with Crippen molar-refractivity contribution in [2.75, 3.05) is 11.4 Å². The molecular weight excluding hydrogens is 282 g/mol. The molecule has 1 aromatic rings. The van der Waals surface area contributed by atoms with Crippen molar-refractivity contribution >= 4 is 17.4 Å². The number of nitrogens with one attached hydrogen (secondary N) is 1. The van der Waals surface area contributed by atoms with Crippen LogP contribution in [-0.2, 0) is 6.54 Å². The van der Waals surface area contributed by atoms with Gasteiger partial charge in [0.1, 0.15) is 5.82 Å². The van der Waals surface area contributed by atoms with Gasteiger partial charge >= 0.3 is 0 Å². The van der Waals surface area contributed by atoms with Crippen LogP contribution in [0.2, 0.25) is 5.02 Å². The van der Waals surface area contributed by atoms with E-state index in [2.05, 4.69) is 35.1 Å². The maximum atomic E-state index is 6.31. The van der Waals surface area contributed by atoms with E-state index in [0.29, 0.717) is 12.1 Å². The molecule has 3 nitrogen and oxygen atoms in total. The number of pyridine rings is 1. The first-order valence-electron chi connectivity index (χ1n) is 8.29. The number of aromatic nitrogens is 1. The Morgan fingerprint density at radius 2 is 2.14 bits per heavy atom. The highest BCUT2D eigenvalue weighted by Gasteiger charge is 2.35. The van der Waals surface area contributed by atoms with E-state index in [1.165, 1.54) is 32.1 Å². The van der Waals surface area contributed by atoms with Gasteiger partial charge in [-0.15, -0.1) is 0 Å². The molecule has 116 valence electrons. The SMILES string of the molecule is CC(C)NCc1cc(N2CCCC3CCCC32)ncc1Cl. The summed E-state index contributed by atoms with van der Waals surface area (Å²) in [6, 6.07) is 3.36. The fraction of sp³-hybridized carbons (Fsp3) is 0.706. The van der Waals surface area contributed by atoms with Gasteiger partial charge in [-0.25, -0.2) is 4.98 Å². The van der Waals surface area contributed by atoms with E-state index in [4.69, 9.17) is 11.6 Å². The summed E-state index contributed by atoms with van der Waals surface area (Å²) in [7, 11) is 0. The Morgan fingerprint density at radius 3 is 2.95 bits per heavy atom. The van der Waals surface area contributed by atoms with Crippen molar-refractivity contribution in [1.29, 1.82) is 0 Å². The van der Waals surface area contributed by atoms with Crippen molar-refractivity contribution in [1.82, 2.24) is 10.3 Å². The first-order chi connectivity index (χ1) is 10.1. The van der Waals surface area contributed by atoms with E-state index in [0.717, 1.165) is 35.4 Å². The predicted molar refractivity (Wildman–Crippen MR) is 88.9 cm³/mol. The first kappa shape index (κ1) is 15.1.